The van der Waals surface area contributed by atoms with Gasteiger partial charge in [-0.25, -0.2) is 0 Å². The molecule has 1 aromatic rings. The number of hydrogen-bond donors (Lipinski definition) is 0. The minimum absolute atomic E-state index is 0.0826. The molecule has 1 heterocycles. The Balaban J connectivity index is 2.17. The fraction of sp³-hybridized carbons (Fsp3) is 0.533. The monoisotopic (exact) mass is 263 g/mol. The number of morpholine rings is 1. The van der Waals surface area contributed by atoms with E-state index in [4.69, 9.17) is 9.47 Å². The molecule has 1 aromatic carbocycles. The average Bonchev–Trinajstić information content (AvgIpc) is 2.38. The molecule has 4 heteroatoms. The van der Waals surface area contributed by atoms with Crippen LogP contribution in [0.5, 0.6) is 5.75 Å². The van der Waals surface area contributed by atoms with Crippen LogP contribution in [0.15, 0.2) is 18.2 Å². The van der Waals surface area contributed by atoms with Crippen molar-refractivity contribution in [2.45, 2.75) is 26.5 Å². The SMILES string of the molecule is COc1ccc(C(C)=O)cc1CN1CCOC(C)C1. The quantitative estimate of drug-likeness (QED) is 0.780. The molecule has 1 atom stereocenters. The summed E-state index contributed by atoms with van der Waals surface area (Å²) in [6.07, 6.45) is 0.260. The van der Waals surface area contributed by atoms with Gasteiger partial charge in [0.15, 0.2) is 5.78 Å². The van der Waals surface area contributed by atoms with Gasteiger partial charge in [-0.2, -0.15) is 0 Å². The molecule has 0 spiro atoms. The van der Waals surface area contributed by atoms with Gasteiger partial charge in [0.1, 0.15) is 5.75 Å². The number of hydrogen-bond acceptors (Lipinski definition) is 4. The van der Waals surface area contributed by atoms with Crippen LogP contribution in [-0.4, -0.2) is 43.6 Å². The number of benzene rings is 1. The van der Waals surface area contributed by atoms with Crippen LogP contribution in [0.25, 0.3) is 0 Å². The van der Waals surface area contributed by atoms with E-state index < -0.39 is 0 Å². The van der Waals surface area contributed by atoms with Gasteiger partial charge in [0.2, 0.25) is 0 Å². The van der Waals surface area contributed by atoms with Gasteiger partial charge in [-0.15, -0.1) is 0 Å². The van der Waals surface area contributed by atoms with Crippen LogP contribution in [0, 0.1) is 0 Å². The summed E-state index contributed by atoms with van der Waals surface area (Å²) in [6, 6.07) is 5.61. The van der Waals surface area contributed by atoms with Gasteiger partial charge in [-0.05, 0) is 32.0 Å². The Bertz CT molecular complexity index is 459. The minimum Gasteiger partial charge on any atom is -0.496 e. The number of rotatable bonds is 4. The molecule has 1 aliphatic rings. The molecular formula is C15H21NO3. The van der Waals surface area contributed by atoms with E-state index in [-0.39, 0.29) is 11.9 Å². The van der Waals surface area contributed by atoms with Crippen molar-refractivity contribution in [3.63, 3.8) is 0 Å². The molecule has 19 heavy (non-hydrogen) atoms. The Morgan fingerprint density at radius 1 is 1.53 bits per heavy atom. The molecule has 1 aliphatic heterocycles. The first kappa shape index (κ1) is 14.0. The van der Waals surface area contributed by atoms with Crippen molar-refractivity contribution < 1.29 is 14.3 Å². The van der Waals surface area contributed by atoms with Crippen LogP contribution >= 0.6 is 0 Å². The summed E-state index contributed by atoms with van der Waals surface area (Å²) in [5, 5.41) is 0. The van der Waals surface area contributed by atoms with Crippen LogP contribution in [0.4, 0.5) is 0 Å². The maximum Gasteiger partial charge on any atom is 0.159 e. The maximum absolute atomic E-state index is 11.5. The number of ketones is 1. The van der Waals surface area contributed by atoms with E-state index in [1.807, 2.05) is 18.2 Å². The lowest BCUT2D eigenvalue weighted by atomic mass is 10.1. The summed E-state index contributed by atoms with van der Waals surface area (Å²) in [5.41, 5.74) is 1.79. The molecule has 0 aliphatic carbocycles. The average molecular weight is 263 g/mol. The Hall–Kier alpha value is -1.39. The van der Waals surface area contributed by atoms with Gasteiger partial charge in [-0.3, -0.25) is 9.69 Å². The fourth-order valence-electron chi connectivity index (χ4n) is 2.40. The van der Waals surface area contributed by atoms with Crippen molar-refractivity contribution in [1.82, 2.24) is 4.90 Å². The fourth-order valence-corrected chi connectivity index (χ4v) is 2.40. The lowest BCUT2D eigenvalue weighted by molar-refractivity contribution is -0.0214. The van der Waals surface area contributed by atoms with E-state index in [2.05, 4.69) is 11.8 Å². The second-order valence-corrected chi connectivity index (χ2v) is 5.00. The summed E-state index contributed by atoms with van der Waals surface area (Å²) >= 11 is 0. The van der Waals surface area contributed by atoms with E-state index in [0.29, 0.717) is 0 Å². The van der Waals surface area contributed by atoms with E-state index >= 15 is 0 Å². The Morgan fingerprint density at radius 3 is 2.95 bits per heavy atom. The normalized spacial score (nSPS) is 20.3. The summed E-state index contributed by atoms with van der Waals surface area (Å²) in [7, 11) is 1.66. The number of Topliss-reactive ketones (excluding diaryl/α,β-unsaturated/α-hetero) is 1. The highest BCUT2D eigenvalue weighted by Gasteiger charge is 2.18. The highest BCUT2D eigenvalue weighted by atomic mass is 16.5. The van der Waals surface area contributed by atoms with Crippen LogP contribution in [-0.2, 0) is 11.3 Å². The molecule has 4 nitrogen and oxygen atoms in total. The van der Waals surface area contributed by atoms with Crippen molar-refractivity contribution in [3.05, 3.63) is 29.3 Å². The second-order valence-electron chi connectivity index (χ2n) is 5.00. The summed E-state index contributed by atoms with van der Waals surface area (Å²) < 4.78 is 10.9. The Labute approximate surface area is 114 Å². The van der Waals surface area contributed by atoms with Crippen LogP contribution in [0.2, 0.25) is 0 Å². The highest BCUT2D eigenvalue weighted by molar-refractivity contribution is 5.94. The zero-order valence-electron chi connectivity index (χ0n) is 11.8. The van der Waals surface area contributed by atoms with Gasteiger partial charge in [0.25, 0.3) is 0 Å². The third-order valence-electron chi connectivity index (χ3n) is 3.41. The van der Waals surface area contributed by atoms with Crippen LogP contribution in [0.3, 0.4) is 0 Å². The third kappa shape index (κ3) is 3.55. The third-order valence-corrected chi connectivity index (χ3v) is 3.41. The predicted octanol–water partition coefficient (Wildman–Crippen LogP) is 2.12. The summed E-state index contributed by atoms with van der Waals surface area (Å²) in [5.74, 6) is 0.920. The molecule has 0 saturated carbocycles. The predicted molar refractivity (Wildman–Crippen MR) is 73.7 cm³/mol. The highest BCUT2D eigenvalue weighted by Crippen LogP contribution is 2.22. The number of carbonyl (C=O) groups is 1. The van der Waals surface area contributed by atoms with E-state index in [9.17, 15) is 4.79 Å². The Kier molecular flexibility index (Phi) is 4.56. The molecule has 0 radical (unpaired) electrons. The lowest BCUT2D eigenvalue weighted by Gasteiger charge is -2.31. The summed E-state index contributed by atoms with van der Waals surface area (Å²) in [4.78, 5) is 13.8. The molecule has 2 rings (SSSR count). The van der Waals surface area contributed by atoms with Gasteiger partial charge < -0.3 is 9.47 Å². The molecular weight excluding hydrogens is 242 g/mol. The smallest absolute Gasteiger partial charge is 0.159 e. The first-order valence-corrected chi connectivity index (χ1v) is 6.62. The second kappa shape index (κ2) is 6.17. The van der Waals surface area contributed by atoms with Gasteiger partial charge >= 0.3 is 0 Å². The standard InChI is InChI=1S/C15H21NO3/c1-11-9-16(6-7-19-11)10-14-8-13(12(2)17)4-5-15(14)18-3/h4-5,8,11H,6-7,9-10H2,1-3H3. The van der Waals surface area contributed by atoms with Crippen molar-refractivity contribution in [3.8, 4) is 5.75 Å². The molecule has 0 amide bonds. The zero-order chi connectivity index (χ0) is 13.8. The first-order valence-electron chi connectivity index (χ1n) is 6.62. The van der Waals surface area contributed by atoms with Crippen molar-refractivity contribution in [2.24, 2.45) is 0 Å². The topological polar surface area (TPSA) is 38.8 Å². The molecule has 0 N–H and O–H groups in total. The van der Waals surface area contributed by atoms with Gasteiger partial charge in [-0.1, -0.05) is 0 Å². The van der Waals surface area contributed by atoms with Crippen LogP contribution < -0.4 is 4.74 Å². The van der Waals surface area contributed by atoms with Gasteiger partial charge in [0, 0.05) is 30.8 Å². The summed E-state index contributed by atoms with van der Waals surface area (Å²) in [6.45, 7) is 7.04. The number of ether oxygens (including phenoxy) is 2. The molecule has 0 bridgehead atoms. The van der Waals surface area contributed by atoms with Crippen molar-refractivity contribution >= 4 is 5.78 Å². The van der Waals surface area contributed by atoms with Crippen LogP contribution in [0.1, 0.15) is 29.8 Å². The minimum atomic E-state index is 0.0826. The maximum atomic E-state index is 11.5. The first-order chi connectivity index (χ1) is 9.10. The largest absolute Gasteiger partial charge is 0.496 e. The number of carbonyl (C=O) groups excluding carboxylic acids is 1. The molecule has 1 unspecified atom stereocenters. The molecule has 0 aromatic heterocycles. The van der Waals surface area contributed by atoms with Gasteiger partial charge in [0.05, 0.1) is 19.8 Å². The number of methoxy groups -OCH3 is 1. The molecule has 104 valence electrons. The van der Waals surface area contributed by atoms with E-state index in [1.165, 1.54) is 0 Å². The number of nitrogens with zero attached hydrogens (tertiary/aromatic N) is 1. The zero-order valence-corrected chi connectivity index (χ0v) is 11.8. The lowest BCUT2D eigenvalue weighted by Crippen LogP contribution is -2.40. The van der Waals surface area contributed by atoms with E-state index in [1.54, 1.807) is 14.0 Å². The molecule has 1 fully saturated rings. The van der Waals surface area contributed by atoms with Crippen molar-refractivity contribution in [2.75, 3.05) is 26.8 Å². The van der Waals surface area contributed by atoms with E-state index in [0.717, 1.165) is 43.1 Å². The molecule has 1 saturated heterocycles. The Morgan fingerprint density at radius 2 is 2.32 bits per heavy atom. The van der Waals surface area contributed by atoms with Crippen molar-refractivity contribution in [1.29, 1.82) is 0 Å².